The number of benzene rings is 3. The highest BCUT2D eigenvalue weighted by Crippen LogP contribution is 2.30. The number of hydrogen-bond donors (Lipinski definition) is 2. The molecule has 0 bridgehead atoms. The number of amides is 2. The van der Waals surface area contributed by atoms with Crippen LogP contribution in [0.3, 0.4) is 0 Å². The van der Waals surface area contributed by atoms with Crippen LogP contribution in [0.4, 0.5) is 9.59 Å². The van der Waals surface area contributed by atoms with E-state index in [4.69, 9.17) is 73.5 Å². The first-order valence-electron chi connectivity index (χ1n) is 30.8. The zero-order valence-electron chi connectivity index (χ0n) is 51.9. The first-order valence-corrected chi connectivity index (χ1v) is 31.4. The van der Waals surface area contributed by atoms with Gasteiger partial charge in [0.1, 0.15) is 44.6 Å². The molecule has 2 N–H and O–H groups in total. The van der Waals surface area contributed by atoms with Crippen molar-refractivity contribution in [3.63, 3.8) is 0 Å². The number of Topliss-reactive ketones (excluding diaryl/α,β-unsaturated/α-hetero) is 1. The summed E-state index contributed by atoms with van der Waals surface area (Å²) in [5.74, 6) is 0.874. The summed E-state index contributed by atoms with van der Waals surface area (Å²) < 4.78 is 67.2. The molecule has 1 saturated heterocycles. The summed E-state index contributed by atoms with van der Waals surface area (Å²) >= 11 is 5.67. The topological polar surface area (TPSA) is 241 Å². The van der Waals surface area contributed by atoms with Crippen molar-refractivity contribution in [1.82, 2.24) is 25.3 Å². The number of unbranched alkanes of at least 4 members (excludes halogenated alkanes) is 3. The van der Waals surface area contributed by atoms with Crippen molar-refractivity contribution >= 4 is 52.3 Å². The van der Waals surface area contributed by atoms with E-state index in [-0.39, 0.29) is 115 Å². The molecule has 2 amide bonds. The predicted molar refractivity (Wildman–Crippen MR) is 333 cm³/mol. The molecule has 0 aliphatic carbocycles. The van der Waals surface area contributed by atoms with Gasteiger partial charge in [-0.25, -0.2) is 14.3 Å². The van der Waals surface area contributed by atoms with Gasteiger partial charge in [0.15, 0.2) is 0 Å². The third-order valence-corrected chi connectivity index (χ3v) is 13.8. The number of ether oxygens (including phenoxy) is 12. The van der Waals surface area contributed by atoms with Gasteiger partial charge in [0.05, 0.1) is 89.8 Å². The predicted octanol–water partition coefficient (Wildman–Crippen LogP) is 8.44. The van der Waals surface area contributed by atoms with Crippen LogP contribution < -0.4 is 15.4 Å². The van der Waals surface area contributed by atoms with E-state index < -0.39 is 12.2 Å². The highest BCUT2D eigenvalue weighted by molar-refractivity contribution is 6.17. The van der Waals surface area contributed by atoms with Crippen molar-refractivity contribution in [3.05, 3.63) is 101 Å². The number of aromatic nitrogens is 2. The van der Waals surface area contributed by atoms with Gasteiger partial charge in [0.2, 0.25) is 0 Å². The van der Waals surface area contributed by atoms with Gasteiger partial charge in [-0.3, -0.25) is 19.3 Å². The maximum Gasteiger partial charge on any atom is 0.407 e. The van der Waals surface area contributed by atoms with Crippen LogP contribution in [0.5, 0.6) is 5.75 Å². The standard InChI is InChI=1S/C65H94ClN5O17/c1-65(2,3)60-50-55(49-56(72)48-53-21-22-59(58-18-7-6-17-57(53)58)84-36-27-70-25-34-81-35-26-70)71(69-60)54-16-12-15-52(47-54)51-68-64(76)88-46-44-83-41-39-79-29-13-19-61(73)85-31-10-11-32-87-63(75)67-24-33-80-40-42-82-43-45-86-62(74)20-14-30-78-38-37-77-28-9-5-4-8-23-66/h6-7,10-12,15-18,21-22,47,50H,4-5,8-9,13-14,19-20,23-46,48-49,51H2,1-3H3,(H,67,75)(H,68,76)/b11-10+. The van der Waals surface area contributed by atoms with Gasteiger partial charge in [-0.1, -0.05) is 76.1 Å². The van der Waals surface area contributed by atoms with Crippen molar-refractivity contribution in [1.29, 1.82) is 0 Å². The number of hydrogen-bond acceptors (Lipinski definition) is 19. The molecule has 488 valence electrons. The maximum absolute atomic E-state index is 13.9. The lowest BCUT2D eigenvalue weighted by molar-refractivity contribution is -0.146. The Morgan fingerprint density at radius 2 is 1.19 bits per heavy atom. The number of rotatable bonds is 47. The number of nitrogens with one attached hydrogen (secondary N) is 2. The van der Waals surface area contributed by atoms with E-state index in [0.717, 1.165) is 110 Å². The van der Waals surface area contributed by atoms with Gasteiger partial charge >= 0.3 is 24.1 Å². The number of esters is 2. The third-order valence-electron chi connectivity index (χ3n) is 13.6. The molecule has 4 aromatic rings. The molecule has 1 fully saturated rings. The van der Waals surface area contributed by atoms with Crippen molar-refractivity contribution < 1.29 is 80.8 Å². The molecule has 22 nitrogen and oxygen atoms in total. The molecule has 0 saturated carbocycles. The molecule has 23 heteroatoms. The van der Waals surface area contributed by atoms with E-state index >= 15 is 0 Å². The van der Waals surface area contributed by atoms with Crippen molar-refractivity contribution in [2.75, 3.05) is 158 Å². The highest BCUT2D eigenvalue weighted by atomic mass is 35.5. The zero-order valence-corrected chi connectivity index (χ0v) is 52.7. The second-order valence-electron chi connectivity index (χ2n) is 21.7. The van der Waals surface area contributed by atoms with Crippen LogP contribution in [0.2, 0.25) is 0 Å². The number of ketones is 1. The van der Waals surface area contributed by atoms with Gasteiger partial charge in [-0.2, -0.15) is 5.10 Å². The zero-order chi connectivity index (χ0) is 62.7. The second kappa shape index (κ2) is 44.3. The number of carbonyl (C=O) groups is 5. The number of halogens is 1. The SMILES string of the molecule is CC(C)(C)c1cc(CC(=O)Cc2ccc(OCCN3CCOCC3)c3ccccc23)n(-c2cccc(CNC(=O)OCCOCCOCCCC(=O)OC/C=C/COC(=O)NCCOCCOCCOC(=O)CCCOCCOCCCCCCCl)c2)n1. The Hall–Kier alpha value is -6.21. The van der Waals surface area contributed by atoms with Crippen LogP contribution in [0.15, 0.2) is 78.9 Å². The molecule has 1 aliphatic rings. The fraction of sp³-hybridized carbons (Fsp3) is 0.600. The second-order valence-corrected chi connectivity index (χ2v) is 22.1. The van der Waals surface area contributed by atoms with Gasteiger partial charge in [-0.05, 0) is 78.6 Å². The average Bonchev–Trinajstić information content (AvgIpc) is 3.88. The Morgan fingerprint density at radius 3 is 1.89 bits per heavy atom. The van der Waals surface area contributed by atoms with Crippen LogP contribution in [0.1, 0.15) is 94.7 Å². The normalized spacial score (nSPS) is 12.8. The summed E-state index contributed by atoms with van der Waals surface area (Å²) in [7, 11) is 0. The van der Waals surface area contributed by atoms with Crippen molar-refractivity contribution in [2.45, 2.75) is 96.9 Å². The maximum atomic E-state index is 13.9. The summed E-state index contributed by atoms with van der Waals surface area (Å²) in [6.07, 6.45) is 8.15. The fourth-order valence-corrected chi connectivity index (χ4v) is 9.03. The summed E-state index contributed by atoms with van der Waals surface area (Å²) in [5, 5.41) is 12.3. The highest BCUT2D eigenvalue weighted by Gasteiger charge is 2.23. The van der Waals surface area contributed by atoms with Gasteiger partial charge in [0, 0.05) is 94.9 Å². The first kappa shape index (κ1) is 72.5. The minimum Gasteiger partial charge on any atom is -0.492 e. The van der Waals surface area contributed by atoms with Crippen LogP contribution in [-0.4, -0.2) is 202 Å². The molecule has 0 spiro atoms. The largest absolute Gasteiger partial charge is 0.492 e. The Bertz CT molecular complexity index is 2660. The molecule has 5 rings (SSSR count). The number of morpholine rings is 1. The lowest BCUT2D eigenvalue weighted by atomic mass is 9.92. The van der Waals surface area contributed by atoms with Crippen LogP contribution in [0.25, 0.3) is 16.5 Å². The number of carbonyl (C=O) groups excluding carboxylic acids is 5. The molecule has 88 heavy (non-hydrogen) atoms. The van der Waals surface area contributed by atoms with Crippen LogP contribution >= 0.6 is 11.6 Å². The molecule has 2 heterocycles. The number of fused-ring (bicyclic) bond motifs is 1. The summed E-state index contributed by atoms with van der Waals surface area (Å²) in [6.45, 7) is 16.1. The fourth-order valence-electron chi connectivity index (χ4n) is 8.84. The van der Waals surface area contributed by atoms with Gasteiger partial charge in [-0.15, -0.1) is 11.6 Å². The Labute approximate surface area is 523 Å². The Morgan fingerprint density at radius 1 is 0.591 bits per heavy atom. The van der Waals surface area contributed by atoms with E-state index in [1.54, 1.807) is 12.2 Å². The number of nitrogens with zero attached hydrogens (tertiary/aromatic N) is 3. The molecule has 0 unspecified atom stereocenters. The molecule has 1 aromatic heterocycles. The molecule has 1 aliphatic heterocycles. The Kier molecular flexibility index (Phi) is 36.5. The van der Waals surface area contributed by atoms with Gasteiger partial charge < -0.3 is 67.5 Å². The summed E-state index contributed by atoms with van der Waals surface area (Å²) in [5.41, 5.74) is 3.90. The summed E-state index contributed by atoms with van der Waals surface area (Å²) in [4.78, 5) is 64.7. The Balaban J connectivity index is 0.822. The van der Waals surface area contributed by atoms with E-state index in [9.17, 15) is 24.0 Å². The van der Waals surface area contributed by atoms with Crippen molar-refractivity contribution in [2.24, 2.45) is 0 Å². The van der Waals surface area contributed by atoms with E-state index in [1.807, 2.05) is 71.4 Å². The van der Waals surface area contributed by atoms with E-state index in [0.29, 0.717) is 71.6 Å². The van der Waals surface area contributed by atoms with E-state index in [2.05, 4.69) is 36.3 Å². The first-order chi connectivity index (χ1) is 42.9. The molecule has 0 atom stereocenters. The number of alkyl carbamates (subject to hydrolysis) is 2. The quantitative estimate of drug-likeness (QED) is 0.0139. The molecular formula is C65H94ClN5O17. The van der Waals surface area contributed by atoms with Crippen LogP contribution in [0, 0.1) is 0 Å². The van der Waals surface area contributed by atoms with Crippen LogP contribution in [-0.2, 0) is 91.3 Å². The van der Waals surface area contributed by atoms with E-state index in [1.165, 1.54) is 0 Å². The monoisotopic (exact) mass is 1250 g/mol. The smallest absolute Gasteiger partial charge is 0.407 e. The lowest BCUT2D eigenvalue weighted by Gasteiger charge is -2.26. The molecule has 3 aromatic carbocycles. The van der Waals surface area contributed by atoms with Crippen molar-refractivity contribution in [3.8, 4) is 11.4 Å². The molecule has 0 radical (unpaired) electrons. The minimum atomic E-state index is -0.615. The third kappa shape index (κ3) is 31.3. The summed E-state index contributed by atoms with van der Waals surface area (Å²) in [6, 6.07) is 21.7. The average molecular weight is 1250 g/mol. The van der Waals surface area contributed by atoms with Gasteiger partial charge in [0.25, 0.3) is 0 Å². The molecular weight excluding hydrogens is 1160 g/mol. The minimum absolute atomic E-state index is 0.00161. The number of alkyl halides is 1. The lowest BCUT2D eigenvalue weighted by Crippen LogP contribution is -2.38.